The number of aryl methyl sites for hydroxylation is 1. The number of rotatable bonds is 5. The van der Waals surface area contributed by atoms with Gasteiger partial charge in [0.25, 0.3) is 5.91 Å². The minimum atomic E-state index is -0.208. The van der Waals surface area contributed by atoms with E-state index in [0.29, 0.717) is 12.4 Å². The molecule has 1 aromatic heterocycles. The zero-order valence-corrected chi connectivity index (χ0v) is 12.9. The van der Waals surface area contributed by atoms with Gasteiger partial charge < -0.3 is 14.6 Å². The van der Waals surface area contributed by atoms with Crippen molar-refractivity contribution in [2.75, 3.05) is 6.54 Å². The molecular weight excluding hydrogens is 322 g/mol. The van der Waals surface area contributed by atoms with Gasteiger partial charge in [-0.15, -0.1) is 0 Å². The summed E-state index contributed by atoms with van der Waals surface area (Å²) < 4.78 is 8.32. The van der Waals surface area contributed by atoms with Gasteiger partial charge in [0.05, 0.1) is 11.0 Å². The van der Waals surface area contributed by atoms with Crippen molar-refractivity contribution >= 4 is 21.8 Å². The van der Waals surface area contributed by atoms with Gasteiger partial charge in [-0.05, 0) is 35.0 Å². The summed E-state index contributed by atoms with van der Waals surface area (Å²) in [7, 11) is 1.78. The molecule has 5 nitrogen and oxygen atoms in total. The molecular formula is C14H16BrN3O2. The van der Waals surface area contributed by atoms with Gasteiger partial charge in [-0.1, -0.05) is 12.1 Å². The van der Waals surface area contributed by atoms with Crippen LogP contribution in [0.25, 0.3) is 0 Å². The van der Waals surface area contributed by atoms with Crippen molar-refractivity contribution in [1.82, 2.24) is 14.9 Å². The largest absolute Gasteiger partial charge is 0.488 e. The van der Waals surface area contributed by atoms with Crippen LogP contribution in [0.3, 0.4) is 0 Å². The molecule has 1 atom stereocenters. The summed E-state index contributed by atoms with van der Waals surface area (Å²) in [4.78, 5) is 15.9. The average molecular weight is 338 g/mol. The van der Waals surface area contributed by atoms with Crippen LogP contribution in [0, 0.1) is 0 Å². The normalized spacial score (nSPS) is 11.9. The summed E-state index contributed by atoms with van der Waals surface area (Å²) in [6.07, 6.45) is 3.18. The SMILES string of the molecule is C[C@H](CNC(=O)c1nccn1C)Oc1ccccc1Br. The number of amides is 1. The first-order chi connectivity index (χ1) is 9.58. The first kappa shape index (κ1) is 14.6. The van der Waals surface area contributed by atoms with Crippen LogP contribution in [0.2, 0.25) is 0 Å². The number of carbonyl (C=O) groups is 1. The number of benzene rings is 1. The third-order valence-electron chi connectivity index (χ3n) is 2.74. The summed E-state index contributed by atoms with van der Waals surface area (Å²) in [5.41, 5.74) is 0. The Morgan fingerprint density at radius 2 is 2.25 bits per heavy atom. The van der Waals surface area contributed by atoms with E-state index >= 15 is 0 Å². The van der Waals surface area contributed by atoms with E-state index in [1.807, 2.05) is 31.2 Å². The van der Waals surface area contributed by atoms with E-state index < -0.39 is 0 Å². The van der Waals surface area contributed by atoms with Crippen LogP contribution < -0.4 is 10.1 Å². The fraction of sp³-hybridized carbons (Fsp3) is 0.286. The maximum atomic E-state index is 11.9. The molecule has 1 amide bonds. The second kappa shape index (κ2) is 6.56. The van der Waals surface area contributed by atoms with Crippen molar-refractivity contribution in [3.63, 3.8) is 0 Å². The minimum absolute atomic E-state index is 0.141. The summed E-state index contributed by atoms with van der Waals surface area (Å²) in [6.45, 7) is 2.31. The Balaban J connectivity index is 1.87. The molecule has 2 rings (SSSR count). The molecule has 0 saturated carbocycles. The topological polar surface area (TPSA) is 56.2 Å². The fourth-order valence-electron chi connectivity index (χ4n) is 1.70. The predicted octanol–water partition coefficient (Wildman–Crippen LogP) is 2.38. The lowest BCUT2D eigenvalue weighted by atomic mass is 10.3. The molecule has 0 aliphatic heterocycles. The molecule has 0 saturated heterocycles. The molecule has 0 unspecified atom stereocenters. The van der Waals surface area contributed by atoms with Crippen LogP contribution >= 0.6 is 15.9 Å². The number of ether oxygens (including phenoxy) is 1. The van der Waals surface area contributed by atoms with E-state index in [4.69, 9.17) is 4.74 Å². The number of hydrogen-bond acceptors (Lipinski definition) is 3. The van der Waals surface area contributed by atoms with Crippen LogP contribution in [0.1, 0.15) is 17.5 Å². The fourth-order valence-corrected chi connectivity index (χ4v) is 2.08. The molecule has 0 bridgehead atoms. The molecule has 0 radical (unpaired) electrons. The van der Waals surface area contributed by atoms with Gasteiger partial charge in [0.1, 0.15) is 11.9 Å². The highest BCUT2D eigenvalue weighted by Gasteiger charge is 2.13. The smallest absolute Gasteiger partial charge is 0.287 e. The highest BCUT2D eigenvalue weighted by atomic mass is 79.9. The van der Waals surface area contributed by atoms with Crippen LogP contribution in [0.15, 0.2) is 41.1 Å². The van der Waals surface area contributed by atoms with E-state index in [2.05, 4.69) is 26.2 Å². The lowest BCUT2D eigenvalue weighted by molar-refractivity contribution is 0.0918. The Hall–Kier alpha value is -1.82. The molecule has 0 aliphatic rings. The lowest BCUT2D eigenvalue weighted by Crippen LogP contribution is -2.34. The maximum absolute atomic E-state index is 11.9. The van der Waals surface area contributed by atoms with Crippen molar-refractivity contribution in [3.05, 3.63) is 47.0 Å². The highest BCUT2D eigenvalue weighted by molar-refractivity contribution is 9.10. The molecule has 106 valence electrons. The number of carbonyl (C=O) groups excluding carboxylic acids is 1. The summed E-state index contributed by atoms with van der Waals surface area (Å²) in [5.74, 6) is 0.935. The van der Waals surface area contributed by atoms with Gasteiger partial charge in [-0.2, -0.15) is 0 Å². The molecule has 1 aromatic carbocycles. The minimum Gasteiger partial charge on any atom is -0.488 e. The van der Waals surface area contributed by atoms with Gasteiger partial charge >= 0.3 is 0 Å². The zero-order valence-electron chi connectivity index (χ0n) is 11.3. The second-order valence-corrected chi connectivity index (χ2v) is 5.29. The third kappa shape index (κ3) is 3.60. The zero-order chi connectivity index (χ0) is 14.5. The molecule has 1 N–H and O–H groups in total. The van der Waals surface area contributed by atoms with E-state index in [1.54, 1.807) is 24.0 Å². The number of hydrogen-bond donors (Lipinski definition) is 1. The molecule has 20 heavy (non-hydrogen) atoms. The van der Waals surface area contributed by atoms with Crippen LogP contribution in [-0.4, -0.2) is 28.1 Å². The monoisotopic (exact) mass is 337 g/mol. The molecule has 0 fully saturated rings. The Bertz CT molecular complexity index is 598. The van der Waals surface area contributed by atoms with Gasteiger partial charge in [0.15, 0.2) is 5.82 Å². The number of aromatic nitrogens is 2. The van der Waals surface area contributed by atoms with E-state index in [1.165, 1.54) is 0 Å². The van der Waals surface area contributed by atoms with Crippen molar-refractivity contribution in [3.8, 4) is 5.75 Å². The highest BCUT2D eigenvalue weighted by Crippen LogP contribution is 2.24. The number of para-hydroxylation sites is 1. The summed E-state index contributed by atoms with van der Waals surface area (Å²) in [6, 6.07) is 7.61. The van der Waals surface area contributed by atoms with Crippen LogP contribution in [0.5, 0.6) is 5.75 Å². The van der Waals surface area contributed by atoms with Gasteiger partial charge in [-0.25, -0.2) is 4.98 Å². The Labute approximate surface area is 126 Å². The van der Waals surface area contributed by atoms with Crippen molar-refractivity contribution in [1.29, 1.82) is 0 Å². The quantitative estimate of drug-likeness (QED) is 0.911. The van der Waals surface area contributed by atoms with E-state index in [9.17, 15) is 4.79 Å². The molecule has 0 aliphatic carbocycles. The van der Waals surface area contributed by atoms with Crippen molar-refractivity contribution in [2.24, 2.45) is 7.05 Å². The predicted molar refractivity (Wildman–Crippen MR) is 79.8 cm³/mol. The number of nitrogens with zero attached hydrogens (tertiary/aromatic N) is 2. The van der Waals surface area contributed by atoms with Crippen molar-refractivity contribution < 1.29 is 9.53 Å². The van der Waals surface area contributed by atoms with Gasteiger partial charge in [0, 0.05) is 19.4 Å². The molecule has 6 heteroatoms. The van der Waals surface area contributed by atoms with Gasteiger partial charge in [-0.3, -0.25) is 4.79 Å². The lowest BCUT2D eigenvalue weighted by Gasteiger charge is -2.16. The Kier molecular flexibility index (Phi) is 4.79. The Morgan fingerprint density at radius 1 is 1.50 bits per heavy atom. The summed E-state index contributed by atoms with van der Waals surface area (Å²) in [5, 5.41) is 2.80. The molecule has 2 aromatic rings. The first-order valence-corrected chi connectivity index (χ1v) is 7.04. The van der Waals surface area contributed by atoms with Gasteiger partial charge in [0.2, 0.25) is 0 Å². The molecule has 1 heterocycles. The average Bonchev–Trinajstić information content (AvgIpc) is 2.85. The second-order valence-electron chi connectivity index (χ2n) is 4.43. The first-order valence-electron chi connectivity index (χ1n) is 6.24. The number of nitrogens with one attached hydrogen (secondary N) is 1. The van der Waals surface area contributed by atoms with Crippen LogP contribution in [0.4, 0.5) is 0 Å². The number of halogens is 1. The number of imidazole rings is 1. The van der Waals surface area contributed by atoms with E-state index in [-0.39, 0.29) is 12.0 Å². The van der Waals surface area contributed by atoms with Crippen molar-refractivity contribution in [2.45, 2.75) is 13.0 Å². The van der Waals surface area contributed by atoms with E-state index in [0.717, 1.165) is 10.2 Å². The maximum Gasteiger partial charge on any atom is 0.287 e. The standard InChI is InChI=1S/C14H16BrN3O2/c1-10(20-12-6-4-3-5-11(12)15)9-17-14(19)13-16-7-8-18(13)2/h3-8,10H,9H2,1-2H3,(H,17,19)/t10-/m1/s1. The Morgan fingerprint density at radius 3 is 2.90 bits per heavy atom. The molecule has 0 spiro atoms. The summed E-state index contributed by atoms with van der Waals surface area (Å²) >= 11 is 3.42. The third-order valence-corrected chi connectivity index (χ3v) is 3.39. The van der Waals surface area contributed by atoms with Crippen LogP contribution in [-0.2, 0) is 7.05 Å².